The van der Waals surface area contributed by atoms with Crippen molar-refractivity contribution >= 4 is 12.0 Å². The van der Waals surface area contributed by atoms with Gasteiger partial charge in [-0.25, -0.2) is 0 Å². The third kappa shape index (κ3) is 3.75. The fourth-order valence-corrected chi connectivity index (χ4v) is 1.62. The molecule has 1 aromatic carbocycles. The lowest BCUT2D eigenvalue weighted by Gasteiger charge is -2.26. The van der Waals surface area contributed by atoms with Gasteiger partial charge in [-0.3, -0.25) is 4.99 Å². The van der Waals surface area contributed by atoms with Gasteiger partial charge in [-0.1, -0.05) is 36.8 Å². The molecule has 0 aliphatic heterocycles. The van der Waals surface area contributed by atoms with E-state index in [9.17, 15) is 0 Å². The zero-order valence-electron chi connectivity index (χ0n) is 11.4. The number of nitrogens with one attached hydrogen (secondary N) is 1. The molecule has 0 aliphatic carbocycles. The minimum Gasteiger partial charge on any atom is -0.373 e. The summed E-state index contributed by atoms with van der Waals surface area (Å²) >= 11 is 0. The molecule has 0 radical (unpaired) electrons. The van der Waals surface area contributed by atoms with Crippen LogP contribution in [-0.2, 0) is 0 Å². The van der Waals surface area contributed by atoms with Crippen LogP contribution in [0.25, 0.3) is 0 Å². The van der Waals surface area contributed by atoms with Gasteiger partial charge in [0.15, 0.2) is 0 Å². The average molecular weight is 253 g/mol. The first kappa shape index (κ1) is 14.6. The molecule has 0 heterocycles. The second-order valence-electron chi connectivity index (χ2n) is 4.04. The number of rotatable bonds is 6. The van der Waals surface area contributed by atoms with Crippen LogP contribution in [-0.4, -0.2) is 19.4 Å². The van der Waals surface area contributed by atoms with Gasteiger partial charge in [0.2, 0.25) is 0 Å². The van der Waals surface area contributed by atoms with Gasteiger partial charge in [-0.05, 0) is 25.3 Å². The van der Waals surface area contributed by atoms with Crippen molar-refractivity contribution in [3.63, 3.8) is 0 Å². The third-order valence-corrected chi connectivity index (χ3v) is 2.64. The summed E-state index contributed by atoms with van der Waals surface area (Å²) in [5, 5.41) is 2.98. The van der Waals surface area contributed by atoms with Crippen LogP contribution in [0.15, 0.2) is 54.3 Å². The Morgan fingerprint density at radius 2 is 2.11 bits per heavy atom. The summed E-state index contributed by atoms with van der Waals surface area (Å²) in [6, 6.07) is 7.75. The lowest BCUT2D eigenvalue weighted by molar-refractivity contribution is 0.807. The van der Waals surface area contributed by atoms with Crippen LogP contribution < -0.4 is 10.2 Å². The van der Waals surface area contributed by atoms with E-state index in [0.29, 0.717) is 0 Å². The van der Waals surface area contributed by atoms with Crippen LogP contribution >= 0.6 is 0 Å². The van der Waals surface area contributed by atoms with E-state index in [-0.39, 0.29) is 6.04 Å². The molecule has 0 spiro atoms. The van der Waals surface area contributed by atoms with Crippen molar-refractivity contribution in [2.45, 2.75) is 13.0 Å². The first-order valence-corrected chi connectivity index (χ1v) is 5.94. The molecule has 0 aromatic heterocycles. The van der Waals surface area contributed by atoms with Crippen LogP contribution in [0.2, 0.25) is 0 Å². The van der Waals surface area contributed by atoms with Gasteiger partial charge in [-0.15, -0.1) is 6.42 Å². The molecule has 1 atom stereocenters. The molecule has 3 nitrogen and oxygen atoms in total. The highest BCUT2D eigenvalue weighted by atomic mass is 15.2. The number of hydrogen-bond acceptors (Lipinski definition) is 2. The van der Waals surface area contributed by atoms with Gasteiger partial charge in [0.1, 0.15) is 6.04 Å². The second kappa shape index (κ2) is 7.07. The molecule has 3 heteroatoms. The first-order valence-electron chi connectivity index (χ1n) is 5.94. The van der Waals surface area contributed by atoms with Gasteiger partial charge in [-0.2, -0.15) is 0 Å². The Morgan fingerprint density at radius 3 is 2.58 bits per heavy atom. The van der Waals surface area contributed by atoms with Gasteiger partial charge < -0.3 is 10.2 Å². The molecular weight excluding hydrogens is 234 g/mol. The maximum Gasteiger partial charge on any atom is 0.128 e. The quantitative estimate of drug-likeness (QED) is 0.479. The topological polar surface area (TPSA) is 27.6 Å². The molecule has 0 fully saturated rings. The van der Waals surface area contributed by atoms with Crippen molar-refractivity contribution < 1.29 is 0 Å². The maximum atomic E-state index is 5.50. The van der Waals surface area contributed by atoms with Gasteiger partial charge in [0.05, 0.1) is 12.0 Å². The number of hydrogen-bond donors (Lipinski definition) is 1. The molecule has 0 aliphatic rings. The Hall–Kier alpha value is -2.47. The van der Waals surface area contributed by atoms with Crippen LogP contribution in [0.5, 0.6) is 0 Å². The molecule has 98 valence electrons. The lowest BCUT2D eigenvalue weighted by Crippen LogP contribution is -2.34. The second-order valence-corrected chi connectivity index (χ2v) is 4.04. The van der Waals surface area contributed by atoms with Gasteiger partial charge >= 0.3 is 0 Å². The summed E-state index contributed by atoms with van der Waals surface area (Å²) in [6.07, 6.45) is 8.76. The van der Waals surface area contributed by atoms with Crippen molar-refractivity contribution in [3.05, 3.63) is 54.9 Å². The van der Waals surface area contributed by atoms with Crippen molar-refractivity contribution in [2.75, 3.05) is 11.9 Å². The summed E-state index contributed by atoms with van der Waals surface area (Å²) in [5.41, 5.74) is 2.88. The van der Waals surface area contributed by atoms with Crippen molar-refractivity contribution in [2.24, 2.45) is 4.99 Å². The Bertz CT molecular complexity index is 506. The smallest absolute Gasteiger partial charge is 0.128 e. The van der Waals surface area contributed by atoms with E-state index in [1.165, 1.54) is 5.56 Å². The molecule has 1 aromatic rings. The molecule has 0 saturated carbocycles. The maximum absolute atomic E-state index is 5.50. The molecule has 0 amide bonds. The fourth-order valence-electron chi connectivity index (χ4n) is 1.62. The monoisotopic (exact) mass is 253 g/mol. The van der Waals surface area contributed by atoms with Crippen LogP contribution in [0.1, 0.15) is 5.56 Å². The van der Waals surface area contributed by atoms with Gasteiger partial charge in [0.25, 0.3) is 0 Å². The highest BCUT2D eigenvalue weighted by Crippen LogP contribution is 2.19. The number of anilines is 1. The minimum absolute atomic E-state index is 0.322. The van der Waals surface area contributed by atoms with E-state index in [4.69, 9.17) is 6.42 Å². The number of terminal acetylenes is 1. The summed E-state index contributed by atoms with van der Waals surface area (Å²) < 4.78 is 0. The molecular formula is C16H19N3. The molecule has 1 N–H and O–H groups in total. The number of nitrogens with zero attached hydrogens (tertiary/aromatic N) is 2. The first-order chi connectivity index (χ1) is 9.13. The van der Waals surface area contributed by atoms with E-state index in [0.717, 1.165) is 11.4 Å². The summed E-state index contributed by atoms with van der Waals surface area (Å²) in [7, 11) is 1.71. The summed E-state index contributed by atoms with van der Waals surface area (Å²) in [5.74, 6) is 2.64. The SMILES string of the molecule is C#CC(NC=C)C(=C)N(C=NC)c1ccc(C)cc1. The van der Waals surface area contributed by atoms with Crippen molar-refractivity contribution in [3.8, 4) is 12.3 Å². The van der Waals surface area contributed by atoms with Crippen molar-refractivity contribution in [1.29, 1.82) is 0 Å². The Kier molecular flexibility index (Phi) is 5.43. The molecule has 0 saturated heterocycles. The van der Waals surface area contributed by atoms with E-state index < -0.39 is 0 Å². The third-order valence-electron chi connectivity index (χ3n) is 2.64. The van der Waals surface area contributed by atoms with Crippen LogP contribution in [0.3, 0.4) is 0 Å². The number of aryl methyl sites for hydroxylation is 1. The normalized spacial score (nSPS) is 11.6. The lowest BCUT2D eigenvalue weighted by atomic mass is 10.1. The zero-order chi connectivity index (χ0) is 14.3. The molecule has 1 rings (SSSR count). The zero-order valence-corrected chi connectivity index (χ0v) is 11.4. The van der Waals surface area contributed by atoms with Gasteiger partial charge in [0, 0.05) is 12.7 Å². The molecule has 19 heavy (non-hydrogen) atoms. The van der Waals surface area contributed by atoms with Crippen LogP contribution in [0, 0.1) is 19.3 Å². The summed E-state index contributed by atoms with van der Waals surface area (Å²) in [6.45, 7) is 9.71. The minimum atomic E-state index is -0.322. The standard InChI is InChI=1S/C16H19N3/c1-6-16(18-7-2)14(4)19(12-17-5)15-10-8-13(3)9-11-15/h1,7-12,16,18H,2,4H2,3,5H3. The fraction of sp³-hybridized carbons (Fsp3) is 0.188. The Labute approximate surface area is 115 Å². The van der Waals surface area contributed by atoms with Crippen molar-refractivity contribution in [1.82, 2.24) is 5.32 Å². The van der Waals surface area contributed by atoms with E-state index >= 15 is 0 Å². The number of aliphatic imine (C=N–C) groups is 1. The number of benzene rings is 1. The highest BCUT2D eigenvalue weighted by Gasteiger charge is 2.15. The predicted octanol–water partition coefficient (Wildman–Crippen LogP) is 2.71. The summed E-state index contributed by atoms with van der Waals surface area (Å²) in [4.78, 5) is 5.91. The highest BCUT2D eigenvalue weighted by molar-refractivity contribution is 5.83. The van der Waals surface area contributed by atoms with E-state index in [1.54, 1.807) is 19.6 Å². The van der Waals surface area contributed by atoms with Crippen LogP contribution in [0.4, 0.5) is 5.69 Å². The van der Waals surface area contributed by atoms with E-state index in [2.05, 4.69) is 29.4 Å². The largest absolute Gasteiger partial charge is 0.373 e. The van der Waals surface area contributed by atoms with E-state index in [1.807, 2.05) is 36.1 Å². The predicted molar refractivity (Wildman–Crippen MR) is 83.2 cm³/mol. The average Bonchev–Trinajstić information content (AvgIpc) is 2.42. The molecule has 0 bridgehead atoms. The molecule has 1 unspecified atom stereocenters. The Balaban J connectivity index is 3.07. The Morgan fingerprint density at radius 1 is 1.47 bits per heavy atom.